The number of carbonyl (C=O) groups is 2. The van der Waals surface area contributed by atoms with Crippen LogP contribution in [0.25, 0.3) is 22.3 Å². The van der Waals surface area contributed by atoms with E-state index in [-0.39, 0.29) is 11.5 Å². The molecule has 2 aromatic carbocycles. The largest absolute Gasteiger partial charge is 0.394 e. The summed E-state index contributed by atoms with van der Waals surface area (Å²) in [7, 11) is 0. The first kappa shape index (κ1) is 19.2. The molecule has 4 rings (SSSR count). The molecule has 150 valence electrons. The number of aromatic amines is 1. The molecule has 4 N–H and O–H groups in total. The summed E-state index contributed by atoms with van der Waals surface area (Å²) in [6.45, 7) is -0.589. The van der Waals surface area contributed by atoms with Gasteiger partial charge in [-0.25, -0.2) is 4.98 Å². The molecule has 1 atom stereocenters. The average molecular weight is 402 g/mol. The minimum atomic E-state index is -1.18. The molecule has 0 aliphatic carbocycles. The van der Waals surface area contributed by atoms with Gasteiger partial charge in [-0.15, -0.1) is 0 Å². The molecule has 0 radical (unpaired) electrons. The molecule has 0 bridgehead atoms. The van der Waals surface area contributed by atoms with E-state index in [9.17, 15) is 14.7 Å². The van der Waals surface area contributed by atoms with E-state index in [0.717, 1.165) is 11.3 Å². The summed E-state index contributed by atoms with van der Waals surface area (Å²) >= 11 is 0. The topological polar surface area (TPSA) is 133 Å². The Hall–Kier alpha value is -4.11. The third kappa shape index (κ3) is 4.15. The number of aromatic nitrogens is 4. The normalized spacial score (nSPS) is 11.8. The minimum absolute atomic E-state index is 0.0473. The molecule has 0 fully saturated rings. The van der Waals surface area contributed by atoms with E-state index in [2.05, 4.69) is 30.8 Å². The van der Waals surface area contributed by atoms with Gasteiger partial charge in [-0.2, -0.15) is 5.10 Å². The number of amides is 2. The molecular formula is C21H18N6O3. The Balaban J connectivity index is 1.43. The predicted octanol–water partition coefficient (Wildman–Crippen LogP) is 1.75. The maximum Gasteiger partial charge on any atom is 0.272 e. The first-order valence-electron chi connectivity index (χ1n) is 9.19. The maximum absolute atomic E-state index is 12.5. The van der Waals surface area contributed by atoms with Gasteiger partial charge in [-0.1, -0.05) is 42.5 Å². The zero-order valence-corrected chi connectivity index (χ0v) is 15.7. The van der Waals surface area contributed by atoms with Crippen LogP contribution >= 0.6 is 0 Å². The molecule has 2 aromatic heterocycles. The second-order valence-electron chi connectivity index (χ2n) is 6.47. The van der Waals surface area contributed by atoms with Gasteiger partial charge >= 0.3 is 0 Å². The fourth-order valence-electron chi connectivity index (χ4n) is 2.86. The summed E-state index contributed by atoms with van der Waals surface area (Å²) in [6.07, 6.45) is 1.32. The molecule has 0 aliphatic rings. The monoisotopic (exact) mass is 402 g/mol. The van der Waals surface area contributed by atoms with Crippen molar-refractivity contribution in [2.24, 2.45) is 0 Å². The highest BCUT2D eigenvalue weighted by atomic mass is 16.3. The Labute approximate surface area is 171 Å². The number of aliphatic hydroxyl groups is 1. The highest BCUT2D eigenvalue weighted by Crippen LogP contribution is 2.19. The molecule has 9 nitrogen and oxygen atoms in total. The zero-order chi connectivity index (χ0) is 20.9. The second-order valence-corrected chi connectivity index (χ2v) is 6.47. The van der Waals surface area contributed by atoms with Crippen molar-refractivity contribution in [2.75, 3.05) is 11.9 Å². The van der Waals surface area contributed by atoms with Gasteiger partial charge in [0.05, 0.1) is 29.5 Å². The van der Waals surface area contributed by atoms with Gasteiger partial charge < -0.3 is 15.7 Å². The minimum Gasteiger partial charge on any atom is -0.394 e. The fourth-order valence-corrected chi connectivity index (χ4v) is 2.86. The molecule has 0 aliphatic heterocycles. The van der Waals surface area contributed by atoms with Crippen LogP contribution in [-0.4, -0.2) is 49.7 Å². The third-order valence-electron chi connectivity index (χ3n) is 4.40. The first-order valence-corrected chi connectivity index (χ1v) is 9.19. The van der Waals surface area contributed by atoms with E-state index in [0.29, 0.717) is 11.0 Å². The van der Waals surface area contributed by atoms with Crippen LogP contribution in [0, 0.1) is 0 Å². The summed E-state index contributed by atoms with van der Waals surface area (Å²) in [5.74, 6) is -0.947. The lowest BCUT2D eigenvalue weighted by Crippen LogP contribution is -2.46. The SMILES string of the molecule is O=C(NC(CO)C(=O)Nc1cc(-c2ccccc2)[nH]n1)c1cnc2ccccc2n1. The van der Waals surface area contributed by atoms with Crippen molar-refractivity contribution in [1.82, 2.24) is 25.5 Å². The summed E-state index contributed by atoms with van der Waals surface area (Å²) in [6, 6.07) is 17.1. The van der Waals surface area contributed by atoms with Crippen LogP contribution in [0.3, 0.4) is 0 Å². The lowest BCUT2D eigenvalue weighted by Gasteiger charge is -2.15. The van der Waals surface area contributed by atoms with Crippen LogP contribution in [0.15, 0.2) is 66.9 Å². The lowest BCUT2D eigenvalue weighted by atomic mass is 10.1. The number of rotatable bonds is 6. The number of anilines is 1. The predicted molar refractivity (Wildman–Crippen MR) is 111 cm³/mol. The standard InChI is InChI=1S/C21H18N6O3/c28-12-18(24-20(29)17-11-22-14-8-4-5-9-15(14)23-17)21(30)25-19-10-16(26-27-19)13-6-2-1-3-7-13/h1-11,18,28H,12H2,(H,24,29)(H2,25,26,27,30). The smallest absolute Gasteiger partial charge is 0.272 e. The molecule has 0 saturated carbocycles. The molecule has 2 amide bonds. The fraction of sp³-hybridized carbons (Fsp3) is 0.0952. The van der Waals surface area contributed by atoms with Crippen LogP contribution < -0.4 is 10.6 Å². The van der Waals surface area contributed by atoms with E-state index in [4.69, 9.17) is 0 Å². The van der Waals surface area contributed by atoms with E-state index < -0.39 is 24.5 Å². The third-order valence-corrected chi connectivity index (χ3v) is 4.40. The first-order chi connectivity index (χ1) is 14.6. The molecule has 9 heteroatoms. The molecule has 1 unspecified atom stereocenters. The molecule has 0 spiro atoms. The molecule has 0 saturated heterocycles. The van der Waals surface area contributed by atoms with Crippen LogP contribution in [0.1, 0.15) is 10.5 Å². The van der Waals surface area contributed by atoms with Gasteiger partial charge in [0.15, 0.2) is 5.82 Å². The number of nitrogens with zero attached hydrogens (tertiary/aromatic N) is 3. The molecular weight excluding hydrogens is 384 g/mol. The van der Waals surface area contributed by atoms with Gasteiger partial charge in [0.1, 0.15) is 11.7 Å². The highest BCUT2D eigenvalue weighted by Gasteiger charge is 2.22. The van der Waals surface area contributed by atoms with Crippen molar-refractivity contribution < 1.29 is 14.7 Å². The van der Waals surface area contributed by atoms with Crippen LogP contribution in [0.5, 0.6) is 0 Å². The van der Waals surface area contributed by atoms with Crippen LogP contribution in [0.4, 0.5) is 5.82 Å². The van der Waals surface area contributed by atoms with Crippen molar-refractivity contribution in [3.05, 3.63) is 72.6 Å². The van der Waals surface area contributed by atoms with Crippen LogP contribution in [0.2, 0.25) is 0 Å². The number of H-pyrrole nitrogens is 1. The molecule has 4 aromatic rings. The Morgan fingerprint density at radius 2 is 1.77 bits per heavy atom. The van der Waals surface area contributed by atoms with Crippen molar-refractivity contribution in [3.8, 4) is 11.3 Å². The number of hydrogen-bond donors (Lipinski definition) is 4. The summed E-state index contributed by atoms with van der Waals surface area (Å²) in [4.78, 5) is 33.4. The van der Waals surface area contributed by atoms with Crippen LogP contribution in [-0.2, 0) is 4.79 Å². The molecule has 30 heavy (non-hydrogen) atoms. The summed E-state index contributed by atoms with van der Waals surface area (Å²) < 4.78 is 0. The number of fused-ring (bicyclic) bond motifs is 1. The Kier molecular flexibility index (Phi) is 5.44. The number of nitrogens with one attached hydrogen (secondary N) is 3. The van der Waals surface area contributed by atoms with Crippen molar-refractivity contribution in [3.63, 3.8) is 0 Å². The average Bonchev–Trinajstić information content (AvgIpc) is 3.26. The Morgan fingerprint density at radius 3 is 2.53 bits per heavy atom. The summed E-state index contributed by atoms with van der Waals surface area (Å²) in [5, 5.41) is 21.5. The van der Waals surface area contributed by atoms with E-state index in [1.165, 1.54) is 6.20 Å². The van der Waals surface area contributed by atoms with Gasteiger partial charge in [0.2, 0.25) is 0 Å². The highest BCUT2D eigenvalue weighted by molar-refractivity contribution is 6.00. The lowest BCUT2D eigenvalue weighted by molar-refractivity contribution is -0.118. The van der Waals surface area contributed by atoms with E-state index in [1.807, 2.05) is 36.4 Å². The van der Waals surface area contributed by atoms with Gasteiger partial charge in [-0.05, 0) is 17.7 Å². The van der Waals surface area contributed by atoms with E-state index >= 15 is 0 Å². The van der Waals surface area contributed by atoms with Gasteiger partial charge in [0.25, 0.3) is 11.8 Å². The number of carbonyl (C=O) groups excluding carboxylic acids is 2. The summed E-state index contributed by atoms with van der Waals surface area (Å²) in [5.41, 5.74) is 2.89. The zero-order valence-electron chi connectivity index (χ0n) is 15.7. The molecule has 2 heterocycles. The van der Waals surface area contributed by atoms with Crippen molar-refractivity contribution in [1.29, 1.82) is 0 Å². The quantitative estimate of drug-likeness (QED) is 0.388. The van der Waals surface area contributed by atoms with E-state index in [1.54, 1.807) is 24.3 Å². The maximum atomic E-state index is 12.5. The number of aliphatic hydroxyl groups excluding tert-OH is 1. The van der Waals surface area contributed by atoms with Gasteiger partial charge in [-0.3, -0.25) is 19.7 Å². The van der Waals surface area contributed by atoms with Crippen molar-refractivity contribution >= 4 is 28.7 Å². The number of benzene rings is 2. The number of para-hydroxylation sites is 2. The Morgan fingerprint density at radius 1 is 1.03 bits per heavy atom. The van der Waals surface area contributed by atoms with Gasteiger partial charge in [0, 0.05) is 6.07 Å². The number of hydrogen-bond acceptors (Lipinski definition) is 6. The van der Waals surface area contributed by atoms with Crippen molar-refractivity contribution in [2.45, 2.75) is 6.04 Å². The second kappa shape index (κ2) is 8.50. The Bertz CT molecular complexity index is 1190.